The highest BCUT2D eigenvalue weighted by molar-refractivity contribution is 5.50. The first-order valence-electron chi connectivity index (χ1n) is 6.55. The van der Waals surface area contributed by atoms with Crippen molar-refractivity contribution < 1.29 is 9.84 Å². The van der Waals surface area contributed by atoms with E-state index in [0.29, 0.717) is 5.75 Å². The van der Waals surface area contributed by atoms with Gasteiger partial charge in [0.25, 0.3) is 0 Å². The van der Waals surface area contributed by atoms with Crippen molar-refractivity contribution in [2.75, 3.05) is 7.11 Å². The molecule has 19 heavy (non-hydrogen) atoms. The van der Waals surface area contributed by atoms with Crippen LogP contribution in [-0.4, -0.2) is 12.2 Å². The van der Waals surface area contributed by atoms with Gasteiger partial charge in [0, 0.05) is 16.5 Å². The lowest BCUT2D eigenvalue weighted by Crippen LogP contribution is -2.23. The van der Waals surface area contributed by atoms with Crippen LogP contribution < -0.4 is 4.74 Å². The molecule has 2 nitrogen and oxygen atoms in total. The van der Waals surface area contributed by atoms with Crippen molar-refractivity contribution in [2.24, 2.45) is 0 Å². The van der Waals surface area contributed by atoms with E-state index in [1.807, 2.05) is 36.4 Å². The third-order valence-electron chi connectivity index (χ3n) is 3.91. The van der Waals surface area contributed by atoms with Crippen molar-refractivity contribution in [3.8, 4) is 11.5 Å². The first kappa shape index (κ1) is 13.5. The van der Waals surface area contributed by atoms with E-state index in [4.69, 9.17) is 4.74 Å². The van der Waals surface area contributed by atoms with Crippen LogP contribution in [0, 0.1) is 0 Å². The molecule has 2 aromatic rings. The average Bonchev–Trinajstić information content (AvgIpc) is 2.47. The second-order valence-electron chi connectivity index (χ2n) is 4.90. The van der Waals surface area contributed by atoms with Crippen molar-refractivity contribution in [3.63, 3.8) is 0 Å². The molecule has 0 aliphatic heterocycles. The van der Waals surface area contributed by atoms with Gasteiger partial charge < -0.3 is 9.84 Å². The van der Waals surface area contributed by atoms with Gasteiger partial charge in [-0.2, -0.15) is 0 Å². The number of hydrogen-bond acceptors (Lipinski definition) is 2. The zero-order valence-corrected chi connectivity index (χ0v) is 11.7. The maximum absolute atomic E-state index is 10.2. The molecule has 2 rings (SSSR count). The third kappa shape index (κ3) is 2.30. The largest absolute Gasteiger partial charge is 0.508 e. The second kappa shape index (κ2) is 5.35. The predicted molar refractivity (Wildman–Crippen MR) is 77.8 cm³/mol. The molecule has 0 saturated heterocycles. The molecule has 0 aliphatic carbocycles. The summed E-state index contributed by atoms with van der Waals surface area (Å²) >= 11 is 0. The fourth-order valence-electron chi connectivity index (χ4n) is 2.57. The van der Waals surface area contributed by atoms with E-state index in [1.165, 1.54) is 0 Å². The van der Waals surface area contributed by atoms with Crippen LogP contribution in [0.5, 0.6) is 11.5 Å². The Morgan fingerprint density at radius 2 is 1.58 bits per heavy atom. The predicted octanol–water partition coefficient (Wildman–Crippen LogP) is 4.12. The van der Waals surface area contributed by atoms with E-state index >= 15 is 0 Å². The maximum Gasteiger partial charge on any atom is 0.122 e. The molecule has 1 atom stereocenters. The molecular weight excluding hydrogens is 236 g/mol. The zero-order chi connectivity index (χ0) is 13.9. The molecule has 0 fully saturated rings. The minimum atomic E-state index is -0.266. The highest BCUT2D eigenvalue weighted by Gasteiger charge is 2.31. The van der Waals surface area contributed by atoms with Crippen molar-refractivity contribution in [1.29, 1.82) is 0 Å². The summed E-state index contributed by atoms with van der Waals surface area (Å²) < 4.78 is 5.47. The molecular formula is C17H20O2. The molecule has 100 valence electrons. The highest BCUT2D eigenvalue weighted by Crippen LogP contribution is 2.43. The van der Waals surface area contributed by atoms with Gasteiger partial charge in [-0.05, 0) is 18.6 Å². The van der Waals surface area contributed by atoms with E-state index in [1.54, 1.807) is 13.2 Å². The van der Waals surface area contributed by atoms with Crippen LogP contribution in [0.15, 0.2) is 48.5 Å². The quantitative estimate of drug-likeness (QED) is 0.891. The minimum absolute atomic E-state index is 0.266. The van der Waals surface area contributed by atoms with Gasteiger partial charge in [-0.25, -0.2) is 0 Å². The molecule has 0 heterocycles. The topological polar surface area (TPSA) is 29.5 Å². The fourth-order valence-corrected chi connectivity index (χ4v) is 2.57. The summed E-state index contributed by atoms with van der Waals surface area (Å²) in [6.07, 6.45) is 0.880. The van der Waals surface area contributed by atoms with Crippen molar-refractivity contribution in [1.82, 2.24) is 0 Å². The lowest BCUT2D eigenvalue weighted by molar-refractivity contribution is 0.390. The summed E-state index contributed by atoms with van der Waals surface area (Å²) in [6, 6.07) is 15.5. The van der Waals surface area contributed by atoms with Crippen LogP contribution in [0.25, 0.3) is 0 Å². The molecule has 0 aromatic heterocycles. The van der Waals surface area contributed by atoms with Gasteiger partial charge in [0.05, 0.1) is 7.11 Å². The van der Waals surface area contributed by atoms with Gasteiger partial charge in [0.2, 0.25) is 0 Å². The lowest BCUT2D eigenvalue weighted by Gasteiger charge is -2.31. The number of benzene rings is 2. The van der Waals surface area contributed by atoms with Gasteiger partial charge in [-0.1, -0.05) is 50.2 Å². The summed E-state index contributed by atoms with van der Waals surface area (Å²) in [6.45, 7) is 4.26. The van der Waals surface area contributed by atoms with Gasteiger partial charge in [-0.15, -0.1) is 0 Å². The number of phenols is 1. The summed E-state index contributed by atoms with van der Waals surface area (Å²) in [5.41, 5.74) is 1.77. The normalized spacial score (nSPS) is 13.8. The van der Waals surface area contributed by atoms with Crippen molar-refractivity contribution in [2.45, 2.75) is 25.7 Å². The SMILES string of the molecule is CCC(C)(c1ccccc1O)c1ccccc1OC. The van der Waals surface area contributed by atoms with E-state index in [2.05, 4.69) is 19.9 Å². The summed E-state index contributed by atoms with van der Waals surface area (Å²) in [4.78, 5) is 0. The number of aromatic hydroxyl groups is 1. The van der Waals surface area contributed by atoms with Crippen LogP contribution in [0.4, 0.5) is 0 Å². The Labute approximate surface area is 114 Å². The monoisotopic (exact) mass is 256 g/mol. The standard InChI is InChI=1S/C17H20O2/c1-4-17(2,13-9-5-7-11-15(13)18)14-10-6-8-12-16(14)19-3/h5-12,18H,4H2,1-3H3. The van der Waals surface area contributed by atoms with E-state index < -0.39 is 0 Å². The molecule has 1 N–H and O–H groups in total. The van der Waals surface area contributed by atoms with Crippen LogP contribution in [0.3, 0.4) is 0 Å². The molecule has 0 radical (unpaired) electrons. The minimum Gasteiger partial charge on any atom is -0.508 e. The third-order valence-corrected chi connectivity index (χ3v) is 3.91. The number of para-hydroxylation sites is 2. The Balaban J connectivity index is 2.63. The summed E-state index contributed by atoms with van der Waals surface area (Å²) in [7, 11) is 1.68. The maximum atomic E-state index is 10.2. The van der Waals surface area contributed by atoms with Gasteiger partial charge in [0.15, 0.2) is 0 Å². The molecule has 0 amide bonds. The highest BCUT2D eigenvalue weighted by atomic mass is 16.5. The van der Waals surface area contributed by atoms with Crippen LogP contribution in [0.1, 0.15) is 31.4 Å². The summed E-state index contributed by atoms with van der Waals surface area (Å²) in [5, 5.41) is 10.2. The Kier molecular flexibility index (Phi) is 3.79. The second-order valence-corrected chi connectivity index (χ2v) is 4.90. The van der Waals surface area contributed by atoms with Crippen LogP contribution in [-0.2, 0) is 5.41 Å². The number of phenolic OH excluding ortho intramolecular Hbond substituents is 1. The molecule has 1 unspecified atom stereocenters. The first-order valence-corrected chi connectivity index (χ1v) is 6.55. The summed E-state index contributed by atoms with van der Waals surface area (Å²) in [5.74, 6) is 1.19. The molecule has 2 heteroatoms. The van der Waals surface area contributed by atoms with E-state index in [-0.39, 0.29) is 5.41 Å². The average molecular weight is 256 g/mol. The lowest BCUT2D eigenvalue weighted by atomic mass is 9.73. The zero-order valence-electron chi connectivity index (χ0n) is 11.7. The molecule has 0 saturated carbocycles. The molecule has 0 aliphatic rings. The Morgan fingerprint density at radius 1 is 1.00 bits per heavy atom. The van der Waals surface area contributed by atoms with Crippen molar-refractivity contribution >= 4 is 0 Å². The first-order chi connectivity index (χ1) is 9.13. The Morgan fingerprint density at radius 3 is 2.16 bits per heavy atom. The number of ether oxygens (including phenoxy) is 1. The molecule has 2 aromatic carbocycles. The van der Waals surface area contributed by atoms with Crippen molar-refractivity contribution in [3.05, 3.63) is 59.7 Å². The van der Waals surface area contributed by atoms with E-state index in [9.17, 15) is 5.11 Å². The molecule has 0 spiro atoms. The fraction of sp³-hybridized carbons (Fsp3) is 0.294. The number of methoxy groups -OCH3 is 1. The molecule has 0 bridgehead atoms. The van der Waals surface area contributed by atoms with E-state index in [0.717, 1.165) is 23.3 Å². The number of hydrogen-bond donors (Lipinski definition) is 1. The Bertz CT molecular complexity index is 563. The van der Waals surface area contributed by atoms with Gasteiger partial charge in [0.1, 0.15) is 11.5 Å². The van der Waals surface area contributed by atoms with Crippen LogP contribution in [0.2, 0.25) is 0 Å². The van der Waals surface area contributed by atoms with Crippen LogP contribution >= 0.6 is 0 Å². The van der Waals surface area contributed by atoms with Gasteiger partial charge >= 0.3 is 0 Å². The number of rotatable bonds is 4. The Hall–Kier alpha value is -1.96. The van der Waals surface area contributed by atoms with Gasteiger partial charge in [-0.3, -0.25) is 0 Å². The smallest absolute Gasteiger partial charge is 0.122 e.